The van der Waals surface area contributed by atoms with Crippen LogP contribution in [-0.2, 0) is 83.4 Å². The molecule has 6 aromatic rings. The highest BCUT2D eigenvalue weighted by atomic mass is 32.1. The molecule has 6 atom stereocenters. The fraction of sp³-hybridized carbons (Fsp3) is 0.434. The molecular weight excluding hydrogens is 1370 g/mol. The van der Waals surface area contributed by atoms with Crippen molar-refractivity contribution in [3.63, 3.8) is 0 Å². The molecule has 26 nitrogen and oxygen atoms in total. The van der Waals surface area contributed by atoms with Crippen LogP contribution in [0.15, 0.2) is 131 Å². The van der Waals surface area contributed by atoms with Crippen molar-refractivity contribution in [2.24, 2.45) is 23.3 Å². The van der Waals surface area contributed by atoms with Gasteiger partial charge in [-0.3, -0.25) is 43.2 Å². The quantitative estimate of drug-likeness (QED) is 0.0276. The van der Waals surface area contributed by atoms with E-state index in [1.165, 1.54) is 6.92 Å². The monoisotopic (exact) mass is 1470 g/mol. The Bertz CT molecular complexity index is 3670. The van der Waals surface area contributed by atoms with Crippen LogP contribution in [0, 0.1) is 11.8 Å². The average molecular weight is 1470 g/mol. The van der Waals surface area contributed by atoms with Crippen molar-refractivity contribution < 1.29 is 77.9 Å². The Morgan fingerprint density at radius 1 is 0.558 bits per heavy atom. The SMILES string of the molecule is CC(C)C[C@@H](NC(=O)C(C)(C)N)C(=O)NC1Cc2cccc(N3CCCC3=O)c2N(Cc2ccsc2)C1=O.CC(C)C[C@@H](NC(=O)C(C)(C)N)C(=O)NC1Cc2cccc(N3CCCC3=O)c2N(Cc2ccsc2)C1=O.CCOC(C)=O.O=C(O)[C@H](O)c1ccccc1.O=C(O)[C@H](O)c1ccccc1. The number of fused-ring (bicyclic) bond motifs is 2. The van der Waals surface area contributed by atoms with Gasteiger partial charge in [-0.05, 0) is 151 Å². The molecule has 10 rings (SSSR count). The second kappa shape index (κ2) is 38.7. The third-order valence-corrected chi connectivity index (χ3v) is 18.3. The van der Waals surface area contributed by atoms with Crippen LogP contribution >= 0.6 is 22.7 Å². The number of carbonyl (C=O) groups is 11. The first kappa shape index (κ1) is 83.2. The summed E-state index contributed by atoms with van der Waals surface area (Å²) in [7, 11) is 0. The van der Waals surface area contributed by atoms with E-state index in [0.717, 1.165) is 57.8 Å². The fourth-order valence-electron chi connectivity index (χ4n) is 11.6. The standard InChI is InChI=1S/2C28H37N5O4S.2C8H8O3.C4H8O2/c2*1-17(2)13-20(31-27(37)28(3,4)29)25(35)30-21-14-19-7-5-8-22(32-11-6-9-23(32)34)24(19)33(26(21)36)15-18-10-12-38-16-18;2*9-7(8(10)11)6-4-2-1-3-5-6;1-3-6-4(2)5/h2*5,7-8,10,12,16-17,20-21H,6,9,11,13-15,29H2,1-4H3,(H,30,35)(H,31,37);2*1-5,7,9H,(H,10,11);3H2,1-2H3/t2*20-,21?;2*7-;/m1111./s1. The fourth-order valence-corrected chi connectivity index (χ4v) is 12.9. The van der Waals surface area contributed by atoms with E-state index in [9.17, 15) is 52.7 Å². The van der Waals surface area contributed by atoms with E-state index in [0.29, 0.717) is 82.4 Å². The lowest BCUT2D eigenvalue weighted by Gasteiger charge is -2.37. The first-order chi connectivity index (χ1) is 49.1. The summed E-state index contributed by atoms with van der Waals surface area (Å²) in [6.07, 6.45) is 1.13. The third-order valence-electron chi connectivity index (χ3n) is 16.8. The van der Waals surface area contributed by atoms with Crippen molar-refractivity contribution in [2.75, 3.05) is 39.3 Å². The number of carbonyl (C=O) groups excluding carboxylic acids is 9. The van der Waals surface area contributed by atoms with Gasteiger partial charge in [0.05, 0.1) is 53.5 Å². The van der Waals surface area contributed by atoms with Crippen LogP contribution in [0.3, 0.4) is 0 Å². The molecule has 6 heterocycles. The Labute approximate surface area is 614 Å². The van der Waals surface area contributed by atoms with Crippen LogP contribution in [0.2, 0.25) is 0 Å². The Balaban J connectivity index is 0.000000238. The smallest absolute Gasteiger partial charge is 0.337 e. The zero-order valence-corrected chi connectivity index (χ0v) is 62.1. The number of aliphatic hydroxyl groups excluding tert-OH is 2. The molecule has 2 aromatic heterocycles. The molecule has 0 saturated carbocycles. The van der Waals surface area contributed by atoms with Gasteiger partial charge in [-0.15, -0.1) is 0 Å². The summed E-state index contributed by atoms with van der Waals surface area (Å²) in [5.74, 6) is -4.50. The molecule has 2 unspecified atom stereocenters. The van der Waals surface area contributed by atoms with Crippen molar-refractivity contribution in [2.45, 2.75) is 181 Å². The summed E-state index contributed by atoms with van der Waals surface area (Å²) >= 11 is 3.09. The van der Waals surface area contributed by atoms with Gasteiger partial charge in [-0.25, -0.2) is 9.59 Å². The number of amides is 8. The first-order valence-corrected chi connectivity index (χ1v) is 36.3. The van der Waals surface area contributed by atoms with E-state index >= 15 is 0 Å². The van der Waals surface area contributed by atoms with Crippen LogP contribution in [0.25, 0.3) is 0 Å². The maximum Gasteiger partial charge on any atom is 0.337 e. The van der Waals surface area contributed by atoms with E-state index in [1.54, 1.807) is 138 Å². The molecule has 28 heteroatoms. The Morgan fingerprint density at radius 2 is 0.923 bits per heavy atom. The first-order valence-electron chi connectivity index (χ1n) is 34.5. The van der Waals surface area contributed by atoms with Crippen molar-refractivity contribution in [1.82, 2.24) is 21.3 Å². The van der Waals surface area contributed by atoms with Crippen LogP contribution in [0.5, 0.6) is 0 Å². The highest BCUT2D eigenvalue weighted by Crippen LogP contribution is 2.42. The average Bonchev–Trinajstić information content (AvgIpc) is 1.12. The van der Waals surface area contributed by atoms with E-state index in [1.807, 2.05) is 97.7 Å². The molecule has 0 radical (unpaired) electrons. The number of anilines is 4. The van der Waals surface area contributed by atoms with E-state index in [4.69, 9.17) is 31.9 Å². The van der Waals surface area contributed by atoms with Gasteiger partial charge in [0.25, 0.3) is 0 Å². The summed E-state index contributed by atoms with van der Waals surface area (Å²) in [4.78, 5) is 142. The predicted octanol–water partition coefficient (Wildman–Crippen LogP) is 7.61. The number of nitrogens with zero attached hydrogens (tertiary/aromatic N) is 4. The van der Waals surface area contributed by atoms with Crippen LogP contribution < -0.4 is 52.3 Å². The molecule has 0 aliphatic carbocycles. The zero-order valence-electron chi connectivity index (χ0n) is 60.5. The van der Waals surface area contributed by atoms with Crippen molar-refractivity contribution >= 4 is 111 Å². The lowest BCUT2D eigenvalue weighted by atomic mass is 9.94. The molecule has 2 fully saturated rings. The molecule has 4 aliphatic heterocycles. The van der Waals surface area contributed by atoms with Gasteiger partial charge in [0.15, 0.2) is 12.2 Å². The van der Waals surface area contributed by atoms with Gasteiger partial charge in [-0.1, -0.05) is 113 Å². The summed E-state index contributed by atoms with van der Waals surface area (Å²) in [5, 5.41) is 54.0. The van der Waals surface area contributed by atoms with Gasteiger partial charge >= 0.3 is 17.9 Å². The number of nitrogens with two attached hydrogens (primary N) is 2. The summed E-state index contributed by atoms with van der Waals surface area (Å²) in [6.45, 7) is 19.7. The number of rotatable bonds is 23. The predicted molar refractivity (Wildman–Crippen MR) is 398 cm³/mol. The van der Waals surface area contributed by atoms with E-state index < -0.39 is 83.0 Å². The lowest BCUT2D eigenvalue weighted by Crippen LogP contribution is -2.59. The summed E-state index contributed by atoms with van der Waals surface area (Å²) in [6, 6.07) is 28.6. The number of esters is 1. The van der Waals surface area contributed by atoms with E-state index in [-0.39, 0.29) is 41.4 Å². The van der Waals surface area contributed by atoms with Gasteiger partial charge in [0.2, 0.25) is 47.3 Å². The molecule has 12 N–H and O–H groups in total. The Hall–Kier alpha value is -9.71. The number of para-hydroxylation sites is 2. The molecule has 0 spiro atoms. The number of hydrogen-bond donors (Lipinski definition) is 10. The van der Waals surface area contributed by atoms with Gasteiger partial charge in [0.1, 0.15) is 24.2 Å². The minimum absolute atomic E-state index is 0.0480. The number of thiophene rings is 2. The zero-order chi connectivity index (χ0) is 76.8. The Morgan fingerprint density at radius 3 is 1.19 bits per heavy atom. The number of aliphatic carboxylic acids is 2. The van der Waals surface area contributed by atoms with Crippen molar-refractivity contribution in [1.29, 1.82) is 0 Å². The molecule has 2 saturated heterocycles. The van der Waals surface area contributed by atoms with E-state index in [2.05, 4.69) is 26.0 Å². The van der Waals surface area contributed by atoms with Crippen LogP contribution in [0.4, 0.5) is 22.7 Å². The highest BCUT2D eigenvalue weighted by Gasteiger charge is 2.42. The largest absolute Gasteiger partial charge is 0.479 e. The maximum atomic E-state index is 13.9. The normalized spacial score (nSPS) is 16.6. The minimum Gasteiger partial charge on any atom is -0.479 e. The molecule has 4 aliphatic rings. The van der Waals surface area contributed by atoms with Crippen molar-refractivity contribution in [3.05, 3.63) is 164 Å². The van der Waals surface area contributed by atoms with Gasteiger partial charge in [-0.2, -0.15) is 22.7 Å². The number of aliphatic hydroxyl groups is 2. The van der Waals surface area contributed by atoms with Crippen molar-refractivity contribution in [3.8, 4) is 0 Å². The topological polar surface area (TPSA) is 391 Å². The highest BCUT2D eigenvalue weighted by molar-refractivity contribution is 7.08. The lowest BCUT2D eigenvalue weighted by molar-refractivity contribution is -0.147. The van der Waals surface area contributed by atoms with Gasteiger partial charge < -0.3 is 77.5 Å². The number of benzene rings is 4. The maximum absolute atomic E-state index is 13.9. The number of carboxylic acids is 2. The second-order valence-corrected chi connectivity index (χ2v) is 29.1. The Kier molecular flexibility index (Phi) is 31.0. The number of hydrogen-bond acceptors (Lipinski definition) is 18. The third kappa shape index (κ3) is 23.9. The number of ether oxygens (including phenoxy) is 1. The molecule has 104 heavy (non-hydrogen) atoms. The molecule has 4 aromatic carbocycles. The minimum atomic E-state index is -1.41. The number of carboxylic acid groups (broad SMARTS) is 2. The van der Waals surface area contributed by atoms with Gasteiger partial charge in [0, 0.05) is 45.7 Å². The van der Waals surface area contributed by atoms with Crippen LogP contribution in [-0.4, -0.2) is 141 Å². The number of nitrogens with one attached hydrogen (secondary N) is 4. The molecule has 560 valence electrons. The summed E-state index contributed by atoms with van der Waals surface area (Å²) in [5.41, 5.74) is 17.0. The molecule has 0 bridgehead atoms. The molecule has 8 amide bonds. The van der Waals surface area contributed by atoms with Crippen LogP contribution in [0.1, 0.15) is 153 Å². The summed E-state index contributed by atoms with van der Waals surface area (Å²) < 4.78 is 4.40. The second-order valence-electron chi connectivity index (χ2n) is 27.5. The molecular formula is C76H98N10O16S2.